The zero-order valence-electron chi connectivity index (χ0n) is 10.3. The molecule has 17 heavy (non-hydrogen) atoms. The van der Waals surface area contributed by atoms with Crippen molar-refractivity contribution in [3.63, 3.8) is 0 Å². The SMILES string of the molecule is CC1(O)CCCN(c2cnc(CN)cn2)CC1. The lowest BCUT2D eigenvalue weighted by Crippen LogP contribution is -2.28. The first-order chi connectivity index (χ1) is 8.11. The van der Waals surface area contributed by atoms with Gasteiger partial charge in [0.2, 0.25) is 0 Å². The fourth-order valence-corrected chi connectivity index (χ4v) is 2.11. The highest BCUT2D eigenvalue weighted by Gasteiger charge is 2.25. The Balaban J connectivity index is 2.06. The molecule has 0 aromatic carbocycles. The molecule has 1 saturated heterocycles. The average Bonchev–Trinajstić information content (AvgIpc) is 2.50. The van der Waals surface area contributed by atoms with E-state index in [1.807, 2.05) is 6.92 Å². The van der Waals surface area contributed by atoms with Gasteiger partial charge in [-0.25, -0.2) is 4.98 Å². The molecule has 0 aliphatic carbocycles. The Morgan fingerprint density at radius 2 is 2.18 bits per heavy atom. The lowest BCUT2D eigenvalue weighted by atomic mass is 9.98. The van der Waals surface area contributed by atoms with Crippen molar-refractivity contribution in [1.29, 1.82) is 0 Å². The number of aromatic nitrogens is 2. The van der Waals surface area contributed by atoms with Crippen LogP contribution in [0.4, 0.5) is 5.82 Å². The van der Waals surface area contributed by atoms with Crippen LogP contribution in [0.1, 0.15) is 31.9 Å². The molecule has 2 rings (SSSR count). The van der Waals surface area contributed by atoms with Crippen molar-refractivity contribution in [2.45, 2.75) is 38.3 Å². The van der Waals surface area contributed by atoms with Crippen LogP contribution in [-0.2, 0) is 6.54 Å². The van der Waals surface area contributed by atoms with Crippen LogP contribution in [0.3, 0.4) is 0 Å². The second-order valence-corrected chi connectivity index (χ2v) is 4.91. The van der Waals surface area contributed by atoms with Crippen molar-refractivity contribution >= 4 is 5.82 Å². The van der Waals surface area contributed by atoms with E-state index < -0.39 is 5.60 Å². The van der Waals surface area contributed by atoms with E-state index >= 15 is 0 Å². The molecule has 1 aliphatic rings. The van der Waals surface area contributed by atoms with Crippen LogP contribution in [0.25, 0.3) is 0 Å². The molecule has 0 amide bonds. The van der Waals surface area contributed by atoms with E-state index in [0.29, 0.717) is 6.54 Å². The van der Waals surface area contributed by atoms with Gasteiger partial charge in [0.25, 0.3) is 0 Å². The van der Waals surface area contributed by atoms with Gasteiger partial charge in [0, 0.05) is 19.6 Å². The molecule has 1 atom stereocenters. The van der Waals surface area contributed by atoms with Crippen LogP contribution in [0.2, 0.25) is 0 Å². The molecular weight excluding hydrogens is 216 g/mol. The zero-order chi connectivity index (χ0) is 12.3. The summed E-state index contributed by atoms with van der Waals surface area (Å²) >= 11 is 0. The quantitative estimate of drug-likeness (QED) is 0.789. The molecule has 0 radical (unpaired) electrons. The highest BCUT2D eigenvalue weighted by Crippen LogP contribution is 2.23. The minimum atomic E-state index is -0.542. The minimum Gasteiger partial charge on any atom is -0.390 e. The van der Waals surface area contributed by atoms with Gasteiger partial charge in [0.15, 0.2) is 0 Å². The third-order valence-corrected chi connectivity index (χ3v) is 3.29. The minimum absolute atomic E-state index is 0.419. The third-order valence-electron chi connectivity index (χ3n) is 3.29. The van der Waals surface area contributed by atoms with Crippen LogP contribution in [0, 0.1) is 0 Å². The number of hydrogen-bond donors (Lipinski definition) is 2. The zero-order valence-corrected chi connectivity index (χ0v) is 10.3. The van der Waals surface area contributed by atoms with Crippen molar-refractivity contribution in [3.8, 4) is 0 Å². The summed E-state index contributed by atoms with van der Waals surface area (Å²) in [5.41, 5.74) is 5.75. The summed E-state index contributed by atoms with van der Waals surface area (Å²) in [5, 5.41) is 10.0. The van der Waals surface area contributed by atoms with Crippen LogP contribution in [-0.4, -0.2) is 33.8 Å². The first kappa shape index (κ1) is 12.3. The lowest BCUT2D eigenvalue weighted by Gasteiger charge is -2.23. The molecular formula is C12H20N4O. The smallest absolute Gasteiger partial charge is 0.147 e. The molecule has 0 saturated carbocycles. The summed E-state index contributed by atoms with van der Waals surface area (Å²) < 4.78 is 0. The topological polar surface area (TPSA) is 75.3 Å². The van der Waals surface area contributed by atoms with Gasteiger partial charge in [-0.1, -0.05) is 0 Å². The summed E-state index contributed by atoms with van der Waals surface area (Å²) in [7, 11) is 0. The molecule has 0 spiro atoms. The number of hydrogen-bond acceptors (Lipinski definition) is 5. The normalized spacial score (nSPS) is 25.7. The Morgan fingerprint density at radius 3 is 2.82 bits per heavy atom. The van der Waals surface area contributed by atoms with Gasteiger partial charge in [-0.05, 0) is 26.2 Å². The average molecular weight is 236 g/mol. The molecule has 1 aromatic heterocycles. The molecule has 2 heterocycles. The summed E-state index contributed by atoms with van der Waals surface area (Å²) in [6.07, 6.45) is 6.08. The summed E-state index contributed by atoms with van der Waals surface area (Å²) in [6.45, 7) is 4.07. The van der Waals surface area contributed by atoms with E-state index in [1.54, 1.807) is 12.4 Å². The monoisotopic (exact) mass is 236 g/mol. The maximum atomic E-state index is 10.0. The van der Waals surface area contributed by atoms with Crippen LogP contribution in [0.15, 0.2) is 12.4 Å². The maximum Gasteiger partial charge on any atom is 0.147 e. The Hall–Kier alpha value is -1.20. The van der Waals surface area contributed by atoms with Gasteiger partial charge in [0.05, 0.1) is 23.7 Å². The highest BCUT2D eigenvalue weighted by atomic mass is 16.3. The van der Waals surface area contributed by atoms with E-state index in [0.717, 1.165) is 43.9 Å². The molecule has 5 heteroatoms. The van der Waals surface area contributed by atoms with Crippen molar-refractivity contribution in [2.24, 2.45) is 5.73 Å². The molecule has 94 valence electrons. The number of nitrogens with two attached hydrogens (primary N) is 1. The van der Waals surface area contributed by atoms with Gasteiger partial charge in [-0.2, -0.15) is 0 Å². The molecule has 1 fully saturated rings. The first-order valence-electron chi connectivity index (χ1n) is 6.09. The summed E-state index contributed by atoms with van der Waals surface area (Å²) in [5.74, 6) is 0.875. The van der Waals surface area contributed by atoms with Crippen LogP contribution >= 0.6 is 0 Å². The van der Waals surface area contributed by atoms with Crippen molar-refractivity contribution < 1.29 is 5.11 Å². The number of anilines is 1. The second kappa shape index (κ2) is 4.98. The van der Waals surface area contributed by atoms with Crippen LogP contribution in [0.5, 0.6) is 0 Å². The van der Waals surface area contributed by atoms with Crippen LogP contribution < -0.4 is 10.6 Å². The largest absolute Gasteiger partial charge is 0.390 e. The molecule has 1 aromatic rings. The summed E-state index contributed by atoms with van der Waals surface area (Å²) in [6, 6.07) is 0. The number of nitrogens with zero attached hydrogens (tertiary/aromatic N) is 3. The Labute approximate surface area is 102 Å². The Morgan fingerprint density at radius 1 is 1.35 bits per heavy atom. The lowest BCUT2D eigenvalue weighted by molar-refractivity contribution is 0.0481. The summed E-state index contributed by atoms with van der Waals surface area (Å²) in [4.78, 5) is 10.8. The standard InChI is InChI=1S/C12H20N4O/c1-12(17)3-2-5-16(6-4-12)11-9-14-10(7-13)8-15-11/h8-9,17H,2-7,13H2,1H3. The van der Waals surface area contributed by atoms with Gasteiger partial charge < -0.3 is 15.7 Å². The molecule has 5 nitrogen and oxygen atoms in total. The molecule has 1 unspecified atom stereocenters. The molecule has 3 N–H and O–H groups in total. The van der Waals surface area contributed by atoms with Crippen molar-refractivity contribution in [3.05, 3.63) is 18.1 Å². The van der Waals surface area contributed by atoms with Gasteiger partial charge in [-0.15, -0.1) is 0 Å². The fourth-order valence-electron chi connectivity index (χ4n) is 2.11. The third kappa shape index (κ3) is 3.14. The Kier molecular flexibility index (Phi) is 3.59. The second-order valence-electron chi connectivity index (χ2n) is 4.91. The highest BCUT2D eigenvalue weighted by molar-refractivity contribution is 5.36. The maximum absolute atomic E-state index is 10.0. The van der Waals surface area contributed by atoms with Gasteiger partial charge in [0.1, 0.15) is 5.82 Å². The van der Waals surface area contributed by atoms with E-state index in [1.165, 1.54) is 0 Å². The van der Waals surface area contributed by atoms with Crippen molar-refractivity contribution in [2.75, 3.05) is 18.0 Å². The number of aliphatic hydroxyl groups is 1. The van der Waals surface area contributed by atoms with Crippen molar-refractivity contribution in [1.82, 2.24) is 9.97 Å². The Bertz CT molecular complexity index is 363. The molecule has 1 aliphatic heterocycles. The first-order valence-corrected chi connectivity index (χ1v) is 6.09. The number of rotatable bonds is 2. The fraction of sp³-hybridized carbons (Fsp3) is 0.667. The van der Waals surface area contributed by atoms with Gasteiger partial charge in [-0.3, -0.25) is 4.98 Å². The van der Waals surface area contributed by atoms with E-state index in [2.05, 4.69) is 14.9 Å². The molecule has 0 bridgehead atoms. The predicted octanol–water partition coefficient (Wildman–Crippen LogP) is 0.677. The van der Waals surface area contributed by atoms with E-state index in [9.17, 15) is 5.11 Å². The van der Waals surface area contributed by atoms with E-state index in [4.69, 9.17) is 5.73 Å². The van der Waals surface area contributed by atoms with E-state index in [-0.39, 0.29) is 0 Å². The van der Waals surface area contributed by atoms with Gasteiger partial charge >= 0.3 is 0 Å². The predicted molar refractivity (Wildman–Crippen MR) is 66.6 cm³/mol.